The number of fused-ring (bicyclic) bond motifs is 1. The first kappa shape index (κ1) is 17.0. The molecule has 4 aromatic rings. The number of rotatable bonds is 4. The molecule has 8 heteroatoms. The number of hydrogen-bond donors (Lipinski definition) is 1. The first-order valence-corrected chi connectivity index (χ1v) is 9.30. The topological polar surface area (TPSA) is 105 Å². The molecule has 2 N–H and O–H groups in total. The van der Waals surface area contributed by atoms with Crippen molar-refractivity contribution >= 4 is 11.0 Å². The van der Waals surface area contributed by atoms with Crippen molar-refractivity contribution < 1.29 is 9.26 Å². The average Bonchev–Trinajstić information content (AvgIpc) is 3.42. The van der Waals surface area contributed by atoms with Crippen molar-refractivity contribution in [2.45, 2.75) is 18.3 Å². The van der Waals surface area contributed by atoms with Gasteiger partial charge in [0, 0.05) is 31.5 Å². The van der Waals surface area contributed by atoms with Crippen LogP contribution in [-0.2, 0) is 10.2 Å². The summed E-state index contributed by atoms with van der Waals surface area (Å²) in [7, 11) is 0. The molecule has 1 aliphatic heterocycles. The minimum Gasteiger partial charge on any atom is -0.381 e. The van der Waals surface area contributed by atoms with Crippen molar-refractivity contribution in [3.8, 4) is 17.2 Å². The van der Waals surface area contributed by atoms with Gasteiger partial charge in [0.05, 0.1) is 16.4 Å². The van der Waals surface area contributed by atoms with Crippen LogP contribution in [0.2, 0.25) is 0 Å². The SMILES string of the molecule is NCC1(c2nc(-c3ccc(-n4cnc5ccccc54)nc3)no2)CCOCC1. The lowest BCUT2D eigenvalue weighted by Gasteiger charge is -2.32. The highest BCUT2D eigenvalue weighted by atomic mass is 16.5. The van der Waals surface area contributed by atoms with E-state index in [1.807, 2.05) is 41.0 Å². The third-order valence-corrected chi connectivity index (χ3v) is 5.43. The zero-order chi connectivity index (χ0) is 19.0. The number of nitrogens with two attached hydrogens (primary N) is 1. The predicted octanol–water partition coefficient (Wildman–Crippen LogP) is 2.48. The zero-order valence-corrected chi connectivity index (χ0v) is 15.3. The molecule has 1 saturated heterocycles. The number of para-hydroxylation sites is 2. The van der Waals surface area contributed by atoms with Crippen molar-refractivity contribution in [1.29, 1.82) is 0 Å². The lowest BCUT2D eigenvalue weighted by atomic mass is 9.80. The first-order valence-electron chi connectivity index (χ1n) is 9.30. The summed E-state index contributed by atoms with van der Waals surface area (Å²) in [5, 5.41) is 4.16. The molecule has 4 heterocycles. The number of hydrogen-bond acceptors (Lipinski definition) is 7. The van der Waals surface area contributed by atoms with Crippen molar-refractivity contribution in [2.24, 2.45) is 5.73 Å². The summed E-state index contributed by atoms with van der Waals surface area (Å²) < 4.78 is 13.0. The Morgan fingerprint density at radius 1 is 1.07 bits per heavy atom. The Morgan fingerprint density at radius 3 is 2.71 bits per heavy atom. The van der Waals surface area contributed by atoms with Crippen LogP contribution < -0.4 is 5.73 Å². The molecule has 8 nitrogen and oxygen atoms in total. The molecule has 1 aliphatic rings. The largest absolute Gasteiger partial charge is 0.381 e. The minimum atomic E-state index is -0.299. The summed E-state index contributed by atoms with van der Waals surface area (Å²) in [4.78, 5) is 13.6. The molecule has 0 spiro atoms. The molecular formula is C20H20N6O2. The Kier molecular flexibility index (Phi) is 4.14. The molecule has 0 amide bonds. The number of ether oxygens (including phenoxy) is 1. The zero-order valence-electron chi connectivity index (χ0n) is 15.3. The van der Waals surface area contributed by atoms with Crippen LogP contribution in [0.4, 0.5) is 0 Å². The van der Waals surface area contributed by atoms with Gasteiger partial charge < -0.3 is 15.0 Å². The first-order chi connectivity index (χ1) is 13.8. The van der Waals surface area contributed by atoms with E-state index >= 15 is 0 Å². The minimum absolute atomic E-state index is 0.299. The van der Waals surface area contributed by atoms with Gasteiger partial charge in [-0.3, -0.25) is 4.57 Å². The van der Waals surface area contributed by atoms with Crippen LogP contribution in [0.25, 0.3) is 28.2 Å². The van der Waals surface area contributed by atoms with Crippen molar-refractivity contribution in [3.63, 3.8) is 0 Å². The lowest BCUT2D eigenvalue weighted by Crippen LogP contribution is -2.40. The Bertz CT molecular complexity index is 1100. The standard InChI is InChI=1S/C20H20N6O2/c21-12-20(7-9-27-10-8-20)19-24-18(25-28-19)14-5-6-17(22-11-14)26-13-23-15-3-1-2-4-16(15)26/h1-6,11,13H,7-10,12,21H2. The van der Waals surface area contributed by atoms with Gasteiger partial charge >= 0.3 is 0 Å². The average molecular weight is 376 g/mol. The van der Waals surface area contributed by atoms with E-state index in [1.165, 1.54) is 0 Å². The van der Waals surface area contributed by atoms with E-state index in [0.717, 1.165) is 35.3 Å². The summed E-state index contributed by atoms with van der Waals surface area (Å²) in [6, 6.07) is 11.8. The quantitative estimate of drug-likeness (QED) is 0.583. The van der Waals surface area contributed by atoms with Gasteiger partial charge in [-0.2, -0.15) is 4.98 Å². The Labute approximate surface area is 161 Å². The van der Waals surface area contributed by atoms with E-state index in [-0.39, 0.29) is 5.41 Å². The van der Waals surface area contributed by atoms with E-state index < -0.39 is 0 Å². The molecule has 5 rings (SSSR count). The van der Waals surface area contributed by atoms with Crippen LogP contribution in [0.5, 0.6) is 0 Å². The van der Waals surface area contributed by atoms with E-state index in [9.17, 15) is 0 Å². The van der Waals surface area contributed by atoms with Gasteiger partial charge in [0.25, 0.3) is 0 Å². The van der Waals surface area contributed by atoms with E-state index in [4.69, 9.17) is 15.0 Å². The van der Waals surface area contributed by atoms with Crippen LogP contribution >= 0.6 is 0 Å². The van der Waals surface area contributed by atoms with Gasteiger partial charge in [-0.25, -0.2) is 9.97 Å². The Balaban J connectivity index is 1.44. The number of aromatic nitrogens is 5. The molecule has 0 aliphatic carbocycles. The van der Waals surface area contributed by atoms with E-state index in [0.29, 0.717) is 31.5 Å². The van der Waals surface area contributed by atoms with Gasteiger partial charge in [-0.15, -0.1) is 0 Å². The van der Waals surface area contributed by atoms with Gasteiger partial charge in [0.15, 0.2) is 0 Å². The van der Waals surface area contributed by atoms with Crippen LogP contribution in [0.3, 0.4) is 0 Å². The van der Waals surface area contributed by atoms with Crippen LogP contribution in [-0.4, -0.2) is 44.4 Å². The highest BCUT2D eigenvalue weighted by Crippen LogP contribution is 2.33. The summed E-state index contributed by atoms with van der Waals surface area (Å²) in [5.74, 6) is 1.88. The molecular weight excluding hydrogens is 356 g/mol. The molecule has 28 heavy (non-hydrogen) atoms. The molecule has 0 unspecified atom stereocenters. The Morgan fingerprint density at radius 2 is 1.93 bits per heavy atom. The number of nitrogens with zero attached hydrogens (tertiary/aromatic N) is 5. The normalized spacial score (nSPS) is 16.5. The molecule has 3 aromatic heterocycles. The number of benzene rings is 1. The summed E-state index contributed by atoms with van der Waals surface area (Å²) in [6.45, 7) is 1.77. The Hall–Kier alpha value is -3.10. The fraction of sp³-hybridized carbons (Fsp3) is 0.300. The smallest absolute Gasteiger partial charge is 0.234 e. The van der Waals surface area contributed by atoms with Gasteiger partial charge in [-0.05, 0) is 37.1 Å². The van der Waals surface area contributed by atoms with Crippen molar-refractivity contribution in [1.82, 2.24) is 24.7 Å². The second kappa shape index (κ2) is 6.81. The summed E-state index contributed by atoms with van der Waals surface area (Å²) in [5.41, 5.74) is 8.47. The third-order valence-electron chi connectivity index (χ3n) is 5.43. The predicted molar refractivity (Wildman–Crippen MR) is 103 cm³/mol. The number of imidazole rings is 1. The third kappa shape index (κ3) is 2.78. The van der Waals surface area contributed by atoms with Gasteiger partial charge in [-0.1, -0.05) is 17.3 Å². The molecule has 0 bridgehead atoms. The van der Waals surface area contributed by atoms with Crippen molar-refractivity contribution in [2.75, 3.05) is 19.8 Å². The van der Waals surface area contributed by atoms with Crippen molar-refractivity contribution in [3.05, 3.63) is 54.8 Å². The maximum atomic E-state index is 6.03. The van der Waals surface area contributed by atoms with Crippen LogP contribution in [0.1, 0.15) is 18.7 Å². The van der Waals surface area contributed by atoms with Crippen LogP contribution in [0.15, 0.2) is 53.4 Å². The highest BCUT2D eigenvalue weighted by molar-refractivity contribution is 5.76. The maximum absolute atomic E-state index is 6.03. The molecule has 0 atom stereocenters. The van der Waals surface area contributed by atoms with Crippen LogP contribution in [0, 0.1) is 0 Å². The maximum Gasteiger partial charge on any atom is 0.234 e. The van der Waals surface area contributed by atoms with E-state index in [1.54, 1.807) is 12.5 Å². The second-order valence-electron chi connectivity index (χ2n) is 7.03. The van der Waals surface area contributed by atoms with E-state index in [2.05, 4.69) is 20.1 Å². The molecule has 1 aromatic carbocycles. The summed E-state index contributed by atoms with van der Waals surface area (Å²) in [6.07, 6.45) is 5.10. The van der Waals surface area contributed by atoms with Gasteiger partial charge in [0.2, 0.25) is 11.7 Å². The molecule has 0 saturated carbocycles. The number of pyridine rings is 1. The molecule has 0 radical (unpaired) electrons. The fourth-order valence-corrected chi connectivity index (χ4v) is 3.63. The molecule has 142 valence electrons. The second-order valence-corrected chi connectivity index (χ2v) is 7.03. The lowest BCUT2D eigenvalue weighted by molar-refractivity contribution is 0.0409. The molecule has 1 fully saturated rings. The highest BCUT2D eigenvalue weighted by Gasteiger charge is 2.38. The fourth-order valence-electron chi connectivity index (χ4n) is 3.63. The monoisotopic (exact) mass is 376 g/mol. The van der Waals surface area contributed by atoms with Gasteiger partial charge in [0.1, 0.15) is 12.1 Å². The summed E-state index contributed by atoms with van der Waals surface area (Å²) >= 11 is 0.